The van der Waals surface area contributed by atoms with Crippen LogP contribution in [0.5, 0.6) is 0 Å². The Morgan fingerprint density at radius 1 is 1.21 bits per heavy atom. The zero-order valence-electron chi connectivity index (χ0n) is 12.2. The van der Waals surface area contributed by atoms with Crippen molar-refractivity contribution in [3.8, 4) is 0 Å². The number of aromatic nitrogens is 1. The molecule has 5 heteroatoms. The van der Waals surface area contributed by atoms with E-state index >= 15 is 0 Å². The molecular weight excluding hydrogens is 260 g/mol. The lowest BCUT2D eigenvalue weighted by Crippen LogP contribution is -2.12. The molecule has 108 valence electrons. The van der Waals surface area contributed by atoms with Crippen molar-refractivity contribution in [3.63, 3.8) is 0 Å². The number of anilines is 1. The van der Waals surface area contributed by atoms with Crippen LogP contribution in [-0.4, -0.2) is 32.0 Å². The molecule has 0 unspecified atom stereocenters. The van der Waals surface area contributed by atoms with Gasteiger partial charge in [0.2, 0.25) is 0 Å². The Hall–Kier alpha value is -1.10. The summed E-state index contributed by atoms with van der Waals surface area (Å²) in [5.41, 5.74) is 1.32. The average molecular weight is 284 g/mol. The summed E-state index contributed by atoms with van der Waals surface area (Å²) in [4.78, 5) is 4.36. The number of hydrogen-bond donors (Lipinski definition) is 1. The van der Waals surface area contributed by atoms with E-state index in [0.717, 1.165) is 18.8 Å². The van der Waals surface area contributed by atoms with Crippen molar-refractivity contribution in [2.75, 3.05) is 23.9 Å². The molecule has 1 N–H and O–H groups in total. The first-order valence-electron chi connectivity index (χ1n) is 6.56. The predicted octanol–water partition coefficient (Wildman–Crippen LogP) is 2.62. The molecule has 0 aliphatic rings. The van der Waals surface area contributed by atoms with Crippen molar-refractivity contribution in [2.24, 2.45) is 0 Å². The zero-order valence-corrected chi connectivity index (χ0v) is 13.0. The molecule has 0 radical (unpaired) electrons. The van der Waals surface area contributed by atoms with E-state index in [1.54, 1.807) is 0 Å². The SMILES string of the molecule is CC(C)(C)c1ccc(NCCCCS(C)(=O)=O)nc1. The largest absolute Gasteiger partial charge is 0.370 e. The molecule has 0 spiro atoms. The predicted molar refractivity (Wildman–Crippen MR) is 80.4 cm³/mol. The second kappa shape index (κ2) is 6.37. The molecule has 0 aliphatic carbocycles. The van der Waals surface area contributed by atoms with Gasteiger partial charge in [0.1, 0.15) is 15.7 Å². The highest BCUT2D eigenvalue weighted by molar-refractivity contribution is 7.90. The second-order valence-electron chi connectivity index (χ2n) is 5.95. The van der Waals surface area contributed by atoms with Gasteiger partial charge in [0.25, 0.3) is 0 Å². The minimum atomic E-state index is -2.83. The van der Waals surface area contributed by atoms with E-state index in [-0.39, 0.29) is 11.2 Å². The van der Waals surface area contributed by atoms with Gasteiger partial charge in [-0.05, 0) is 29.9 Å². The number of nitrogens with one attached hydrogen (secondary N) is 1. The molecule has 0 saturated heterocycles. The van der Waals surface area contributed by atoms with Gasteiger partial charge in [-0.2, -0.15) is 0 Å². The van der Waals surface area contributed by atoms with Crippen LogP contribution in [-0.2, 0) is 15.3 Å². The highest BCUT2D eigenvalue weighted by Gasteiger charge is 2.13. The maximum absolute atomic E-state index is 11.0. The Bertz CT molecular complexity index is 487. The van der Waals surface area contributed by atoms with Crippen LogP contribution in [0.15, 0.2) is 18.3 Å². The second-order valence-corrected chi connectivity index (χ2v) is 8.21. The molecule has 0 aromatic carbocycles. The van der Waals surface area contributed by atoms with E-state index in [1.807, 2.05) is 12.3 Å². The van der Waals surface area contributed by atoms with Crippen LogP contribution in [0.4, 0.5) is 5.82 Å². The zero-order chi connectivity index (χ0) is 14.5. The van der Waals surface area contributed by atoms with Crippen molar-refractivity contribution in [1.29, 1.82) is 0 Å². The minimum absolute atomic E-state index is 0.112. The van der Waals surface area contributed by atoms with Crippen molar-refractivity contribution >= 4 is 15.7 Å². The monoisotopic (exact) mass is 284 g/mol. The smallest absolute Gasteiger partial charge is 0.147 e. The van der Waals surface area contributed by atoms with Crippen LogP contribution in [0.25, 0.3) is 0 Å². The van der Waals surface area contributed by atoms with Gasteiger partial charge < -0.3 is 5.32 Å². The number of rotatable bonds is 6. The highest BCUT2D eigenvalue weighted by atomic mass is 32.2. The topological polar surface area (TPSA) is 59.1 Å². The summed E-state index contributed by atoms with van der Waals surface area (Å²) in [7, 11) is -2.83. The number of pyridine rings is 1. The third kappa shape index (κ3) is 6.57. The molecular formula is C14H24N2O2S. The molecule has 1 aromatic rings. The van der Waals surface area contributed by atoms with Gasteiger partial charge in [-0.3, -0.25) is 0 Å². The van der Waals surface area contributed by atoms with Crippen LogP contribution >= 0.6 is 0 Å². The summed E-state index contributed by atoms with van der Waals surface area (Å²) in [5, 5.41) is 3.20. The van der Waals surface area contributed by atoms with E-state index < -0.39 is 9.84 Å². The van der Waals surface area contributed by atoms with Gasteiger partial charge in [0, 0.05) is 24.8 Å². The summed E-state index contributed by atoms with van der Waals surface area (Å²) in [6, 6.07) is 4.04. The lowest BCUT2D eigenvalue weighted by molar-refractivity contribution is 0.587. The van der Waals surface area contributed by atoms with Crippen LogP contribution in [0.1, 0.15) is 39.2 Å². The third-order valence-electron chi connectivity index (χ3n) is 2.88. The van der Waals surface area contributed by atoms with E-state index in [9.17, 15) is 8.42 Å². The first kappa shape index (κ1) is 16.0. The summed E-state index contributed by atoms with van der Waals surface area (Å²) < 4.78 is 21.9. The first-order valence-corrected chi connectivity index (χ1v) is 8.63. The van der Waals surface area contributed by atoms with Gasteiger partial charge >= 0.3 is 0 Å². The molecule has 1 rings (SSSR count). The fraction of sp³-hybridized carbons (Fsp3) is 0.643. The molecule has 4 nitrogen and oxygen atoms in total. The fourth-order valence-corrected chi connectivity index (χ4v) is 2.38. The third-order valence-corrected chi connectivity index (χ3v) is 3.91. The minimum Gasteiger partial charge on any atom is -0.370 e. The molecule has 19 heavy (non-hydrogen) atoms. The molecule has 0 atom stereocenters. The van der Waals surface area contributed by atoms with Gasteiger partial charge in [-0.25, -0.2) is 13.4 Å². The Morgan fingerprint density at radius 3 is 2.37 bits per heavy atom. The fourth-order valence-electron chi connectivity index (χ4n) is 1.65. The quantitative estimate of drug-likeness (QED) is 0.816. The molecule has 1 heterocycles. The molecule has 0 saturated carbocycles. The van der Waals surface area contributed by atoms with Crippen LogP contribution in [0.3, 0.4) is 0 Å². The summed E-state index contributed by atoms with van der Waals surface area (Å²) in [5.74, 6) is 1.10. The number of hydrogen-bond acceptors (Lipinski definition) is 4. The number of nitrogens with zero attached hydrogens (tertiary/aromatic N) is 1. The lowest BCUT2D eigenvalue weighted by Gasteiger charge is -2.18. The maximum atomic E-state index is 11.0. The molecule has 0 fully saturated rings. The summed E-state index contributed by atoms with van der Waals surface area (Å²) in [6.07, 6.45) is 4.67. The Balaban J connectivity index is 2.35. The summed E-state index contributed by atoms with van der Waals surface area (Å²) >= 11 is 0. The Labute approximate surface area is 116 Å². The van der Waals surface area contributed by atoms with E-state index in [1.165, 1.54) is 11.8 Å². The van der Waals surface area contributed by atoms with Gasteiger partial charge in [0.15, 0.2) is 0 Å². The maximum Gasteiger partial charge on any atom is 0.147 e. The van der Waals surface area contributed by atoms with Crippen molar-refractivity contribution in [1.82, 2.24) is 4.98 Å². The van der Waals surface area contributed by atoms with E-state index in [0.29, 0.717) is 6.42 Å². The van der Waals surface area contributed by atoms with Gasteiger partial charge in [-0.1, -0.05) is 26.8 Å². The van der Waals surface area contributed by atoms with E-state index in [2.05, 4.69) is 37.1 Å². The Morgan fingerprint density at radius 2 is 1.89 bits per heavy atom. The van der Waals surface area contributed by atoms with E-state index in [4.69, 9.17) is 0 Å². The standard InChI is InChI=1S/C14H24N2O2S/c1-14(2,3)12-7-8-13(16-11-12)15-9-5-6-10-19(4,17)18/h7-8,11H,5-6,9-10H2,1-4H3,(H,15,16). The average Bonchev–Trinajstić information content (AvgIpc) is 2.26. The van der Waals surface area contributed by atoms with Gasteiger partial charge in [0.05, 0.1) is 0 Å². The normalized spacial score (nSPS) is 12.4. The number of sulfone groups is 1. The van der Waals surface area contributed by atoms with Gasteiger partial charge in [-0.15, -0.1) is 0 Å². The lowest BCUT2D eigenvalue weighted by atomic mass is 9.88. The van der Waals surface area contributed by atoms with Crippen molar-refractivity contribution in [3.05, 3.63) is 23.9 Å². The first-order chi connectivity index (χ1) is 8.68. The highest BCUT2D eigenvalue weighted by Crippen LogP contribution is 2.21. The molecule has 1 aromatic heterocycles. The van der Waals surface area contributed by atoms with Crippen LogP contribution in [0.2, 0.25) is 0 Å². The Kier molecular flexibility index (Phi) is 5.35. The van der Waals surface area contributed by atoms with Crippen molar-refractivity contribution in [2.45, 2.75) is 39.0 Å². The molecule has 0 aliphatic heterocycles. The van der Waals surface area contributed by atoms with Crippen LogP contribution in [0, 0.1) is 0 Å². The molecule has 0 bridgehead atoms. The summed E-state index contributed by atoms with van der Waals surface area (Å²) in [6.45, 7) is 7.21. The molecule has 0 amide bonds. The van der Waals surface area contributed by atoms with Crippen LogP contribution < -0.4 is 5.32 Å². The number of unbranched alkanes of at least 4 members (excludes halogenated alkanes) is 1. The van der Waals surface area contributed by atoms with Crippen molar-refractivity contribution < 1.29 is 8.42 Å².